The van der Waals surface area contributed by atoms with Crippen LogP contribution in [0.2, 0.25) is 0 Å². The second kappa shape index (κ2) is 7.43. The van der Waals surface area contributed by atoms with Crippen LogP contribution >= 0.6 is 0 Å². The zero-order valence-electron chi connectivity index (χ0n) is 14.6. The van der Waals surface area contributed by atoms with Crippen LogP contribution in [-0.2, 0) is 38.8 Å². The van der Waals surface area contributed by atoms with Gasteiger partial charge in [0.15, 0.2) is 5.25 Å². The number of esters is 1. The van der Waals surface area contributed by atoms with E-state index in [1.165, 1.54) is 0 Å². The predicted octanol–water partition coefficient (Wildman–Crippen LogP) is -0.666. The SMILES string of the molecule is O=C(OC(N1C(=O)C=CC1=O)N1C(=O)CC(S(=O)(=O)O)C1=O)C1CCCCC1. The Balaban J connectivity index is 1.91. The molecule has 1 aliphatic carbocycles. The van der Waals surface area contributed by atoms with Crippen molar-refractivity contribution in [3.05, 3.63) is 12.2 Å². The maximum Gasteiger partial charge on any atom is 0.312 e. The number of carbonyl (C=O) groups is 5. The summed E-state index contributed by atoms with van der Waals surface area (Å²) in [4.78, 5) is 61.9. The molecule has 3 aliphatic rings. The van der Waals surface area contributed by atoms with Gasteiger partial charge in [-0.05, 0) is 12.8 Å². The van der Waals surface area contributed by atoms with Crippen LogP contribution in [0.5, 0.6) is 0 Å². The molecule has 0 bridgehead atoms. The summed E-state index contributed by atoms with van der Waals surface area (Å²) in [6, 6.07) is 0. The van der Waals surface area contributed by atoms with Gasteiger partial charge >= 0.3 is 5.97 Å². The van der Waals surface area contributed by atoms with Crippen molar-refractivity contribution in [1.29, 1.82) is 0 Å². The second-order valence-electron chi connectivity index (χ2n) is 6.79. The standard InChI is InChI=1S/C16H18N2O9S/c19-11-6-7-12(20)17(11)16(27-15(23)9-4-2-1-3-5-9)18-13(21)8-10(14(18)22)28(24,25)26/h6-7,9-10,16H,1-5,8H2,(H,24,25,26). The number of hydrogen-bond acceptors (Lipinski definition) is 8. The van der Waals surface area contributed by atoms with Crippen molar-refractivity contribution in [3.8, 4) is 0 Å². The van der Waals surface area contributed by atoms with E-state index in [0.717, 1.165) is 31.4 Å². The van der Waals surface area contributed by atoms with Crippen molar-refractivity contribution in [3.63, 3.8) is 0 Å². The van der Waals surface area contributed by atoms with Gasteiger partial charge in [0.1, 0.15) is 0 Å². The van der Waals surface area contributed by atoms with Crippen LogP contribution in [-0.4, -0.2) is 64.0 Å². The molecule has 4 amide bonds. The van der Waals surface area contributed by atoms with Gasteiger partial charge in [-0.2, -0.15) is 8.42 Å². The minimum atomic E-state index is -4.91. The Bertz CT molecular complexity index is 855. The molecule has 0 aromatic carbocycles. The number of ether oxygens (including phenoxy) is 1. The number of nitrogens with zero attached hydrogens (tertiary/aromatic N) is 2. The van der Waals surface area contributed by atoms with E-state index >= 15 is 0 Å². The molecule has 1 saturated heterocycles. The van der Waals surface area contributed by atoms with Crippen molar-refractivity contribution >= 4 is 39.7 Å². The van der Waals surface area contributed by atoms with E-state index in [0.29, 0.717) is 17.7 Å². The Labute approximate surface area is 160 Å². The maximum atomic E-state index is 12.5. The number of imide groups is 2. The first kappa shape index (κ1) is 20.1. The number of likely N-dealkylation sites (tertiary alicyclic amines) is 1. The fourth-order valence-electron chi connectivity index (χ4n) is 3.48. The van der Waals surface area contributed by atoms with Crippen LogP contribution in [0.3, 0.4) is 0 Å². The molecule has 0 aromatic rings. The molecule has 2 unspecified atom stereocenters. The average Bonchev–Trinajstić information content (AvgIpc) is 3.12. The molecular formula is C16H18N2O9S. The summed E-state index contributed by atoms with van der Waals surface area (Å²) < 4.78 is 37.1. The largest absolute Gasteiger partial charge is 0.421 e. The normalized spacial score (nSPS) is 25.0. The monoisotopic (exact) mass is 414 g/mol. The third kappa shape index (κ3) is 3.69. The fourth-order valence-corrected chi connectivity index (χ4v) is 4.20. The van der Waals surface area contributed by atoms with E-state index in [9.17, 15) is 32.4 Å². The van der Waals surface area contributed by atoms with Gasteiger partial charge in [0.2, 0.25) is 5.91 Å². The van der Waals surface area contributed by atoms with E-state index in [2.05, 4.69) is 0 Å². The lowest BCUT2D eigenvalue weighted by Gasteiger charge is -2.33. The third-order valence-electron chi connectivity index (χ3n) is 4.95. The van der Waals surface area contributed by atoms with Crippen molar-refractivity contribution in [1.82, 2.24) is 9.80 Å². The Kier molecular flexibility index (Phi) is 5.35. The van der Waals surface area contributed by atoms with Gasteiger partial charge in [0.05, 0.1) is 12.3 Å². The summed E-state index contributed by atoms with van der Waals surface area (Å²) in [6.07, 6.45) is 2.33. The Morgan fingerprint density at radius 3 is 2.11 bits per heavy atom. The Hall–Kier alpha value is -2.60. The molecule has 0 spiro atoms. The highest BCUT2D eigenvalue weighted by Gasteiger charge is 2.53. The van der Waals surface area contributed by atoms with Crippen LogP contribution in [0.25, 0.3) is 0 Å². The lowest BCUT2D eigenvalue weighted by Crippen LogP contribution is -2.56. The summed E-state index contributed by atoms with van der Waals surface area (Å²) in [5.41, 5.74) is 0. The zero-order chi connectivity index (χ0) is 20.6. The quantitative estimate of drug-likeness (QED) is 0.350. The van der Waals surface area contributed by atoms with E-state index in [1.54, 1.807) is 0 Å². The fraction of sp³-hybridized carbons (Fsp3) is 0.562. The van der Waals surface area contributed by atoms with Crippen molar-refractivity contribution in [2.45, 2.75) is 50.1 Å². The van der Waals surface area contributed by atoms with Crippen LogP contribution in [0.15, 0.2) is 12.2 Å². The van der Waals surface area contributed by atoms with Crippen molar-refractivity contribution in [2.24, 2.45) is 5.92 Å². The minimum Gasteiger partial charge on any atom is -0.421 e. The van der Waals surface area contributed by atoms with E-state index in [1.807, 2.05) is 0 Å². The van der Waals surface area contributed by atoms with Gasteiger partial charge in [0.25, 0.3) is 34.2 Å². The summed E-state index contributed by atoms with van der Waals surface area (Å²) in [6.45, 7) is 0. The van der Waals surface area contributed by atoms with Crippen LogP contribution in [0.4, 0.5) is 0 Å². The smallest absolute Gasteiger partial charge is 0.312 e. The topological polar surface area (TPSA) is 155 Å². The first-order valence-electron chi connectivity index (χ1n) is 8.69. The number of amides is 4. The first-order valence-corrected chi connectivity index (χ1v) is 10.2. The molecule has 2 heterocycles. The van der Waals surface area contributed by atoms with E-state index in [4.69, 9.17) is 9.29 Å². The lowest BCUT2D eigenvalue weighted by molar-refractivity contribution is -0.192. The number of hydrogen-bond donors (Lipinski definition) is 1. The lowest BCUT2D eigenvalue weighted by atomic mass is 9.89. The summed E-state index contributed by atoms with van der Waals surface area (Å²) in [5.74, 6) is -5.65. The second-order valence-corrected chi connectivity index (χ2v) is 8.39. The molecule has 2 aliphatic heterocycles. The van der Waals surface area contributed by atoms with Gasteiger partial charge in [-0.15, -0.1) is 0 Å². The zero-order valence-corrected chi connectivity index (χ0v) is 15.5. The molecule has 3 rings (SSSR count). The van der Waals surface area contributed by atoms with Gasteiger partial charge in [-0.25, -0.2) is 9.80 Å². The molecule has 1 saturated carbocycles. The highest BCUT2D eigenvalue weighted by molar-refractivity contribution is 7.87. The molecular weight excluding hydrogens is 396 g/mol. The third-order valence-corrected chi connectivity index (χ3v) is 6.03. The van der Waals surface area contributed by atoms with Crippen LogP contribution < -0.4 is 0 Å². The average molecular weight is 414 g/mol. The van der Waals surface area contributed by atoms with Crippen LogP contribution in [0, 0.1) is 5.92 Å². The molecule has 12 heteroatoms. The van der Waals surface area contributed by atoms with Crippen LogP contribution in [0.1, 0.15) is 38.5 Å². The molecule has 152 valence electrons. The molecule has 11 nitrogen and oxygen atoms in total. The number of carbonyl (C=O) groups excluding carboxylic acids is 5. The van der Waals surface area contributed by atoms with E-state index < -0.39 is 63.7 Å². The van der Waals surface area contributed by atoms with Gasteiger partial charge in [0, 0.05) is 12.2 Å². The van der Waals surface area contributed by atoms with Gasteiger partial charge < -0.3 is 4.74 Å². The molecule has 28 heavy (non-hydrogen) atoms. The maximum absolute atomic E-state index is 12.5. The Morgan fingerprint density at radius 1 is 1.04 bits per heavy atom. The summed E-state index contributed by atoms with van der Waals surface area (Å²) in [7, 11) is -4.91. The van der Waals surface area contributed by atoms with Gasteiger partial charge in [-0.1, -0.05) is 19.3 Å². The molecule has 2 fully saturated rings. The van der Waals surface area contributed by atoms with Gasteiger partial charge in [-0.3, -0.25) is 28.5 Å². The summed E-state index contributed by atoms with van der Waals surface area (Å²) in [5, 5.41) is -2.09. The minimum absolute atomic E-state index is 0.238. The van der Waals surface area contributed by atoms with Crippen molar-refractivity contribution < 1.29 is 41.7 Å². The Morgan fingerprint density at radius 2 is 1.61 bits per heavy atom. The molecule has 0 radical (unpaired) electrons. The molecule has 2 atom stereocenters. The predicted molar refractivity (Wildman–Crippen MR) is 89.3 cm³/mol. The van der Waals surface area contributed by atoms with E-state index in [-0.39, 0.29) is 4.90 Å². The van der Waals surface area contributed by atoms with Crippen molar-refractivity contribution in [2.75, 3.05) is 0 Å². The summed E-state index contributed by atoms with van der Waals surface area (Å²) >= 11 is 0. The highest BCUT2D eigenvalue weighted by atomic mass is 32.2. The number of rotatable bonds is 5. The molecule has 1 N–H and O–H groups in total. The molecule has 0 aromatic heterocycles. The first-order chi connectivity index (χ1) is 13.1. The highest BCUT2D eigenvalue weighted by Crippen LogP contribution is 2.29.